The van der Waals surface area contributed by atoms with E-state index < -0.39 is 0 Å². The van der Waals surface area contributed by atoms with Crippen molar-refractivity contribution in [2.75, 3.05) is 0 Å². The Balaban J connectivity index is 1.51. The first kappa shape index (κ1) is 16.3. The molecular weight excluding hydrogens is 256 g/mol. The summed E-state index contributed by atoms with van der Waals surface area (Å²) >= 11 is 0. The molecule has 0 saturated heterocycles. The van der Waals surface area contributed by atoms with E-state index in [1.54, 1.807) is 0 Å². The van der Waals surface area contributed by atoms with Crippen molar-refractivity contribution in [2.24, 2.45) is 5.92 Å². The van der Waals surface area contributed by atoms with E-state index in [4.69, 9.17) is 0 Å². The molecule has 0 aromatic heterocycles. The summed E-state index contributed by atoms with van der Waals surface area (Å²) in [7, 11) is 0. The predicted octanol–water partition coefficient (Wildman–Crippen LogP) is 5.89. The van der Waals surface area contributed by atoms with Crippen LogP contribution in [0.4, 0.5) is 0 Å². The molecule has 2 atom stereocenters. The minimum atomic E-state index is 0.331. The Labute approximate surface area is 130 Å². The summed E-state index contributed by atoms with van der Waals surface area (Å²) in [5.41, 5.74) is 1.35. The average molecular weight is 286 g/mol. The van der Waals surface area contributed by atoms with Crippen molar-refractivity contribution >= 4 is 5.78 Å². The largest absolute Gasteiger partial charge is 0.299 e. The molecule has 0 heterocycles. The molecule has 1 saturated carbocycles. The zero-order chi connectivity index (χ0) is 14.9. The molecule has 1 aliphatic rings. The molecule has 1 nitrogen and oxygen atoms in total. The van der Waals surface area contributed by atoms with Crippen LogP contribution in [0, 0.1) is 5.92 Å². The zero-order valence-electron chi connectivity index (χ0n) is 13.5. The van der Waals surface area contributed by atoms with Gasteiger partial charge in [-0.15, -0.1) is 0 Å². The Bertz CT molecular complexity index is 409. The maximum absolute atomic E-state index is 12.2. The monoisotopic (exact) mass is 286 g/mol. The molecule has 1 fully saturated rings. The number of hydrogen-bond acceptors (Lipinski definition) is 1. The molecule has 2 rings (SSSR count). The van der Waals surface area contributed by atoms with Gasteiger partial charge in [-0.1, -0.05) is 82.2 Å². The number of benzene rings is 1. The van der Waals surface area contributed by atoms with Crippen molar-refractivity contribution in [2.45, 2.75) is 77.0 Å². The summed E-state index contributed by atoms with van der Waals surface area (Å²) in [5, 5.41) is 0. The molecule has 0 aliphatic heterocycles. The number of hydrogen-bond donors (Lipinski definition) is 0. The summed E-state index contributed by atoms with van der Waals surface area (Å²) in [4.78, 5) is 12.2. The molecule has 0 bridgehead atoms. The maximum atomic E-state index is 12.2. The third kappa shape index (κ3) is 5.65. The fraction of sp³-hybridized carbons (Fsp3) is 0.650. The second-order valence-corrected chi connectivity index (χ2v) is 6.55. The smallest absolute Gasteiger partial charge is 0.136 e. The minimum Gasteiger partial charge on any atom is -0.299 e. The van der Waals surface area contributed by atoms with Crippen LogP contribution in [-0.4, -0.2) is 5.78 Å². The van der Waals surface area contributed by atoms with Gasteiger partial charge in [0.2, 0.25) is 0 Å². The molecule has 1 aliphatic carbocycles. The second kappa shape index (κ2) is 9.02. The quantitative estimate of drug-likeness (QED) is 0.463. The fourth-order valence-corrected chi connectivity index (χ4v) is 3.24. The normalized spacial score (nSPS) is 20.4. The number of carbonyl (C=O) groups excluding carboxylic acids is 1. The molecule has 0 N–H and O–H groups in total. The summed E-state index contributed by atoms with van der Waals surface area (Å²) in [6.45, 7) is 2.26. The Morgan fingerprint density at radius 3 is 2.24 bits per heavy atom. The number of rotatable bonds is 11. The predicted molar refractivity (Wildman–Crippen MR) is 89.5 cm³/mol. The summed E-state index contributed by atoms with van der Waals surface area (Å²) < 4.78 is 0. The highest BCUT2D eigenvalue weighted by atomic mass is 16.1. The highest BCUT2D eigenvalue weighted by Crippen LogP contribution is 2.48. The van der Waals surface area contributed by atoms with Gasteiger partial charge in [0.15, 0.2) is 0 Å². The lowest BCUT2D eigenvalue weighted by atomic mass is 10.0. The van der Waals surface area contributed by atoms with Gasteiger partial charge in [0.05, 0.1) is 0 Å². The second-order valence-electron chi connectivity index (χ2n) is 6.55. The van der Waals surface area contributed by atoms with Crippen LogP contribution in [0.15, 0.2) is 30.3 Å². The van der Waals surface area contributed by atoms with Crippen molar-refractivity contribution in [3.8, 4) is 0 Å². The lowest BCUT2D eigenvalue weighted by molar-refractivity contribution is -0.120. The molecule has 1 heteroatoms. The van der Waals surface area contributed by atoms with Gasteiger partial charge in [-0.05, 0) is 24.3 Å². The van der Waals surface area contributed by atoms with Crippen LogP contribution in [0.25, 0.3) is 0 Å². The van der Waals surface area contributed by atoms with E-state index in [9.17, 15) is 4.79 Å². The van der Waals surface area contributed by atoms with Crippen LogP contribution in [0.2, 0.25) is 0 Å². The first-order valence-corrected chi connectivity index (χ1v) is 8.90. The Morgan fingerprint density at radius 1 is 0.952 bits per heavy atom. The molecule has 0 radical (unpaired) electrons. The van der Waals surface area contributed by atoms with E-state index in [0.29, 0.717) is 17.6 Å². The zero-order valence-corrected chi connectivity index (χ0v) is 13.5. The Morgan fingerprint density at radius 2 is 1.57 bits per heavy atom. The molecule has 1 aromatic carbocycles. The first-order valence-electron chi connectivity index (χ1n) is 8.90. The summed E-state index contributed by atoms with van der Waals surface area (Å²) in [5.74, 6) is 1.36. The highest BCUT2D eigenvalue weighted by Gasteiger charge is 2.42. The topological polar surface area (TPSA) is 17.1 Å². The average Bonchev–Trinajstić information content (AvgIpc) is 3.31. The van der Waals surface area contributed by atoms with Crippen molar-refractivity contribution in [1.29, 1.82) is 0 Å². The van der Waals surface area contributed by atoms with E-state index in [-0.39, 0.29) is 0 Å². The number of ketones is 1. The number of unbranched alkanes of at least 4 members (excludes halogenated alkanes) is 7. The Kier molecular flexibility index (Phi) is 6.99. The van der Waals surface area contributed by atoms with Crippen LogP contribution in [-0.2, 0) is 4.79 Å². The summed E-state index contributed by atoms with van der Waals surface area (Å²) in [6, 6.07) is 10.5. The Hall–Kier alpha value is -1.11. The van der Waals surface area contributed by atoms with Gasteiger partial charge in [0.25, 0.3) is 0 Å². The van der Waals surface area contributed by atoms with Gasteiger partial charge in [0.1, 0.15) is 5.78 Å². The molecule has 21 heavy (non-hydrogen) atoms. The maximum Gasteiger partial charge on any atom is 0.136 e. The third-order valence-electron chi connectivity index (χ3n) is 4.71. The molecular formula is C20H30O. The number of Topliss-reactive ketones (excluding diaryl/α,β-unsaturated/α-hetero) is 1. The van der Waals surface area contributed by atoms with Gasteiger partial charge in [-0.25, -0.2) is 0 Å². The van der Waals surface area contributed by atoms with Gasteiger partial charge in [-0.3, -0.25) is 4.79 Å². The molecule has 1 aromatic rings. The van der Waals surface area contributed by atoms with E-state index in [1.165, 1.54) is 50.5 Å². The molecule has 0 amide bonds. The molecule has 116 valence electrons. The van der Waals surface area contributed by atoms with E-state index in [0.717, 1.165) is 19.3 Å². The SMILES string of the molecule is CCCCCCCCCCC(=O)C1CC1c1ccccc1. The van der Waals surface area contributed by atoms with Gasteiger partial charge >= 0.3 is 0 Å². The number of carbonyl (C=O) groups is 1. The first-order chi connectivity index (χ1) is 10.3. The van der Waals surface area contributed by atoms with Gasteiger partial charge in [0, 0.05) is 12.3 Å². The minimum absolute atomic E-state index is 0.331. The van der Waals surface area contributed by atoms with Gasteiger partial charge in [-0.2, -0.15) is 0 Å². The van der Waals surface area contributed by atoms with E-state index >= 15 is 0 Å². The molecule has 0 spiro atoms. The highest BCUT2D eigenvalue weighted by molar-refractivity contribution is 5.84. The fourth-order valence-electron chi connectivity index (χ4n) is 3.24. The van der Waals surface area contributed by atoms with Crippen LogP contribution in [0.5, 0.6) is 0 Å². The van der Waals surface area contributed by atoms with Crippen molar-refractivity contribution in [3.05, 3.63) is 35.9 Å². The summed E-state index contributed by atoms with van der Waals surface area (Å²) in [6.07, 6.45) is 12.3. The van der Waals surface area contributed by atoms with E-state index in [1.807, 2.05) is 6.07 Å². The van der Waals surface area contributed by atoms with Crippen molar-refractivity contribution in [1.82, 2.24) is 0 Å². The molecule has 2 unspecified atom stereocenters. The van der Waals surface area contributed by atoms with Gasteiger partial charge < -0.3 is 0 Å². The van der Waals surface area contributed by atoms with Crippen LogP contribution >= 0.6 is 0 Å². The van der Waals surface area contributed by atoms with Crippen molar-refractivity contribution < 1.29 is 4.79 Å². The lowest BCUT2D eigenvalue weighted by Gasteiger charge is -2.02. The van der Waals surface area contributed by atoms with E-state index in [2.05, 4.69) is 31.2 Å². The lowest BCUT2D eigenvalue weighted by Crippen LogP contribution is -2.02. The van der Waals surface area contributed by atoms with Crippen molar-refractivity contribution in [3.63, 3.8) is 0 Å². The van der Waals surface area contributed by atoms with Crippen LogP contribution in [0.1, 0.15) is 82.6 Å². The third-order valence-corrected chi connectivity index (χ3v) is 4.71. The van der Waals surface area contributed by atoms with Crippen LogP contribution in [0.3, 0.4) is 0 Å². The standard InChI is InChI=1S/C20H30O/c1-2-3-4-5-6-7-8-12-15-20(21)19-16-18(19)17-13-10-9-11-14-17/h9-11,13-14,18-19H,2-8,12,15-16H2,1H3. The van der Waals surface area contributed by atoms with Crippen LogP contribution < -0.4 is 0 Å².